The molecule has 0 rings (SSSR count). The molecule has 0 fully saturated rings. The van der Waals surface area contributed by atoms with Crippen LogP contribution in [0.2, 0.25) is 19.6 Å². The fourth-order valence-corrected chi connectivity index (χ4v) is 3.95. The summed E-state index contributed by atoms with van der Waals surface area (Å²) in [5, 5.41) is 0. The van der Waals surface area contributed by atoms with Gasteiger partial charge in [0, 0.05) is 9.04 Å². The number of nitrogens with zero attached hydrogens (tertiary/aromatic N) is 1. The summed E-state index contributed by atoms with van der Waals surface area (Å²) >= 11 is 0. The summed E-state index contributed by atoms with van der Waals surface area (Å²) < 4.78 is 0. The third-order valence-corrected chi connectivity index (χ3v) is 9.32. The molecule has 1 nitrogen and oxygen atoms in total. The third-order valence-electron chi connectivity index (χ3n) is 2.19. The zero-order valence-corrected chi connectivity index (χ0v) is 10.6. The molecule has 0 aliphatic heterocycles. The van der Waals surface area contributed by atoms with E-state index in [1.807, 2.05) is 0 Å². The first kappa shape index (κ1) is 11.4. The Labute approximate surface area is 74.8 Å². The highest BCUT2D eigenvalue weighted by Crippen LogP contribution is 2.02. The Morgan fingerprint density at radius 2 is 1.64 bits per heavy atom. The monoisotopic (exact) mass is 187 g/mol. The predicted molar refractivity (Wildman–Crippen MR) is 56.9 cm³/mol. The smallest absolute Gasteiger partial charge is 0.0513 e. The van der Waals surface area contributed by atoms with Crippen LogP contribution < -0.4 is 0 Å². The lowest BCUT2D eigenvalue weighted by molar-refractivity contribution is 0.349. The molecule has 0 amide bonds. The first-order valence-electron chi connectivity index (χ1n) is 4.47. The van der Waals surface area contributed by atoms with Gasteiger partial charge in [-0.2, -0.15) is 0 Å². The quantitative estimate of drug-likeness (QED) is 0.594. The van der Waals surface area contributed by atoms with Crippen molar-refractivity contribution in [2.45, 2.75) is 33.5 Å². The van der Waals surface area contributed by atoms with Crippen molar-refractivity contribution < 1.29 is 0 Å². The maximum Gasteiger partial charge on any atom is 0.0513 e. The second-order valence-corrected chi connectivity index (χ2v) is 13.7. The van der Waals surface area contributed by atoms with Gasteiger partial charge in [-0.15, -0.1) is 0 Å². The summed E-state index contributed by atoms with van der Waals surface area (Å²) in [6.45, 7) is 14.3. The van der Waals surface area contributed by atoms with Gasteiger partial charge in [0.1, 0.15) is 0 Å². The van der Waals surface area contributed by atoms with Gasteiger partial charge >= 0.3 is 0 Å². The molecule has 0 aromatic heterocycles. The van der Waals surface area contributed by atoms with E-state index in [1.165, 1.54) is 28.3 Å². The molecule has 66 valence electrons. The number of rotatable bonds is 5. The van der Waals surface area contributed by atoms with E-state index in [-0.39, 0.29) is 0 Å². The lowest BCUT2D eigenvalue weighted by atomic mass is 10.6. The van der Waals surface area contributed by atoms with Crippen LogP contribution in [-0.2, 0) is 0 Å². The van der Waals surface area contributed by atoms with Crippen molar-refractivity contribution in [1.29, 1.82) is 0 Å². The standard InChI is InChI=1S/C8H21NSi2/c1-6-9(7-2)8-11(4,5)10-3/h6-8H2,1-5H3. The Morgan fingerprint density at radius 3 is 1.91 bits per heavy atom. The molecule has 0 saturated carbocycles. The highest BCUT2D eigenvalue weighted by Gasteiger charge is 2.20. The van der Waals surface area contributed by atoms with Crippen LogP contribution in [0.15, 0.2) is 0 Å². The van der Waals surface area contributed by atoms with E-state index in [4.69, 9.17) is 0 Å². The van der Waals surface area contributed by atoms with Crippen LogP contribution in [0.5, 0.6) is 0 Å². The Hall–Kier alpha value is 0.394. The van der Waals surface area contributed by atoms with E-state index in [0.29, 0.717) is 0 Å². The van der Waals surface area contributed by atoms with Gasteiger partial charge in [0.2, 0.25) is 0 Å². The predicted octanol–water partition coefficient (Wildman–Crippen LogP) is 1.82. The summed E-state index contributed by atoms with van der Waals surface area (Å²) in [4.78, 5) is 2.56. The van der Waals surface area contributed by atoms with Crippen molar-refractivity contribution >= 4 is 16.6 Å². The van der Waals surface area contributed by atoms with E-state index >= 15 is 0 Å². The molecule has 0 unspecified atom stereocenters. The van der Waals surface area contributed by atoms with E-state index in [9.17, 15) is 0 Å². The molecule has 0 aromatic carbocycles. The van der Waals surface area contributed by atoms with Crippen LogP contribution in [0.25, 0.3) is 0 Å². The molecule has 0 N–H and O–H groups in total. The van der Waals surface area contributed by atoms with Crippen molar-refractivity contribution in [3.8, 4) is 0 Å². The molecule has 3 heteroatoms. The average molecular weight is 187 g/mol. The van der Waals surface area contributed by atoms with E-state index in [0.717, 1.165) is 0 Å². The minimum atomic E-state index is -0.829. The zero-order chi connectivity index (χ0) is 8.91. The summed E-state index contributed by atoms with van der Waals surface area (Å²) in [5.74, 6) is 0. The Bertz CT molecular complexity index is 100. The molecule has 0 spiro atoms. The van der Waals surface area contributed by atoms with E-state index in [2.05, 4.69) is 38.4 Å². The van der Waals surface area contributed by atoms with Crippen LogP contribution in [0.1, 0.15) is 13.8 Å². The van der Waals surface area contributed by atoms with Crippen LogP contribution in [0.3, 0.4) is 0 Å². The van der Waals surface area contributed by atoms with Gasteiger partial charge in [0.15, 0.2) is 0 Å². The van der Waals surface area contributed by atoms with Crippen LogP contribution in [-0.4, -0.2) is 40.8 Å². The average Bonchev–Trinajstić information content (AvgIpc) is 2.00. The molecule has 11 heavy (non-hydrogen) atoms. The summed E-state index contributed by atoms with van der Waals surface area (Å²) in [5.41, 5.74) is 0. The molecule has 0 heterocycles. The summed E-state index contributed by atoms with van der Waals surface area (Å²) in [7, 11) is 0.352. The van der Waals surface area contributed by atoms with E-state index < -0.39 is 7.59 Å². The van der Waals surface area contributed by atoms with Gasteiger partial charge in [-0.25, -0.2) is 0 Å². The largest absolute Gasteiger partial charge is 0.307 e. The first-order chi connectivity index (χ1) is 5.05. The normalized spacial score (nSPS) is 12.5. The molecule has 2 radical (unpaired) electrons. The molecular weight excluding hydrogens is 166 g/mol. The summed E-state index contributed by atoms with van der Waals surface area (Å²) in [6.07, 6.45) is 1.38. The molecule has 0 aliphatic carbocycles. The molecule has 0 atom stereocenters. The topological polar surface area (TPSA) is 3.24 Å². The van der Waals surface area contributed by atoms with Gasteiger partial charge in [-0.05, 0) is 19.3 Å². The van der Waals surface area contributed by atoms with Crippen LogP contribution >= 0.6 is 0 Å². The third kappa shape index (κ3) is 4.77. The lowest BCUT2D eigenvalue weighted by Gasteiger charge is -2.28. The molecule has 0 aliphatic rings. The number of hydrogen-bond donors (Lipinski definition) is 0. The molecular formula is C8H21NSi2. The van der Waals surface area contributed by atoms with Gasteiger partial charge in [-0.1, -0.05) is 33.5 Å². The highest BCUT2D eigenvalue weighted by atomic mass is 29.2. The second kappa shape index (κ2) is 5.11. The first-order valence-corrected chi connectivity index (χ1v) is 10.2. The maximum absolute atomic E-state index is 2.56. The Balaban J connectivity index is 3.79. The van der Waals surface area contributed by atoms with Gasteiger partial charge in [-0.3, -0.25) is 0 Å². The van der Waals surface area contributed by atoms with Crippen molar-refractivity contribution in [2.24, 2.45) is 0 Å². The minimum Gasteiger partial charge on any atom is -0.307 e. The fraction of sp³-hybridized carbons (Fsp3) is 1.00. The van der Waals surface area contributed by atoms with Gasteiger partial charge in [0.25, 0.3) is 0 Å². The lowest BCUT2D eigenvalue weighted by Crippen LogP contribution is -2.46. The van der Waals surface area contributed by atoms with Crippen molar-refractivity contribution in [2.75, 3.05) is 19.3 Å². The Kier molecular flexibility index (Phi) is 5.30. The van der Waals surface area contributed by atoms with Crippen molar-refractivity contribution in [3.63, 3.8) is 0 Å². The van der Waals surface area contributed by atoms with Crippen LogP contribution in [0.4, 0.5) is 0 Å². The van der Waals surface area contributed by atoms with Gasteiger partial charge < -0.3 is 4.90 Å². The molecule has 0 aromatic rings. The highest BCUT2D eigenvalue weighted by molar-refractivity contribution is 7.23. The fourth-order valence-electron chi connectivity index (χ4n) is 1.09. The second-order valence-electron chi connectivity index (χ2n) is 3.60. The SMILES string of the molecule is CCN(CC)C[Si](C)(C)[Si]C. The minimum absolute atomic E-state index is 0.829. The maximum atomic E-state index is 2.56. The summed E-state index contributed by atoms with van der Waals surface area (Å²) in [6, 6.07) is 0. The van der Waals surface area contributed by atoms with E-state index in [1.54, 1.807) is 0 Å². The number of hydrogen-bond acceptors (Lipinski definition) is 1. The molecule has 0 saturated heterocycles. The Morgan fingerprint density at radius 1 is 1.18 bits per heavy atom. The van der Waals surface area contributed by atoms with Crippen molar-refractivity contribution in [1.82, 2.24) is 4.90 Å². The molecule has 0 bridgehead atoms. The van der Waals surface area contributed by atoms with Gasteiger partial charge in [0.05, 0.1) is 7.59 Å². The van der Waals surface area contributed by atoms with Crippen molar-refractivity contribution in [3.05, 3.63) is 0 Å². The van der Waals surface area contributed by atoms with Crippen LogP contribution in [0, 0.1) is 0 Å². The zero-order valence-electron chi connectivity index (χ0n) is 8.57.